The van der Waals surface area contributed by atoms with E-state index in [-0.39, 0.29) is 18.2 Å². The topological polar surface area (TPSA) is 47.6 Å². The van der Waals surface area contributed by atoms with Crippen LogP contribution in [0.25, 0.3) is 0 Å². The Labute approximate surface area is 176 Å². The van der Waals surface area contributed by atoms with Crippen molar-refractivity contribution >= 4 is 23.1 Å². The first-order chi connectivity index (χ1) is 14.0. The maximum atomic E-state index is 13.1. The predicted molar refractivity (Wildman–Crippen MR) is 117 cm³/mol. The molecule has 1 N–H and O–H groups in total. The Kier molecular flexibility index (Phi) is 6.78. The van der Waals surface area contributed by atoms with Crippen LogP contribution in [0.2, 0.25) is 5.02 Å². The van der Waals surface area contributed by atoms with Gasteiger partial charge in [0.2, 0.25) is 0 Å². The van der Waals surface area contributed by atoms with Crippen molar-refractivity contribution in [1.29, 1.82) is 0 Å². The molecule has 0 aliphatic rings. The third-order valence-corrected chi connectivity index (χ3v) is 4.98. The van der Waals surface area contributed by atoms with Crippen LogP contribution in [0.3, 0.4) is 0 Å². The molecule has 3 aromatic carbocycles. The summed E-state index contributed by atoms with van der Waals surface area (Å²) in [4.78, 5) is 13.1. The molecular weight excluding hydrogens is 386 g/mol. The molecule has 4 nitrogen and oxygen atoms in total. The van der Waals surface area contributed by atoms with Crippen molar-refractivity contribution in [2.45, 2.75) is 19.4 Å². The fourth-order valence-corrected chi connectivity index (χ4v) is 3.32. The van der Waals surface area contributed by atoms with E-state index in [0.717, 1.165) is 16.8 Å². The van der Waals surface area contributed by atoms with Crippen LogP contribution in [0.4, 0.5) is 5.69 Å². The van der Waals surface area contributed by atoms with Gasteiger partial charge in [-0.3, -0.25) is 4.79 Å². The molecule has 0 bridgehead atoms. The molecule has 5 heteroatoms. The quantitative estimate of drug-likeness (QED) is 0.457. The average Bonchev–Trinajstić information content (AvgIpc) is 2.73. The van der Waals surface area contributed by atoms with Gasteiger partial charge in [-0.2, -0.15) is 0 Å². The summed E-state index contributed by atoms with van der Waals surface area (Å²) in [5, 5.41) is 4.15. The van der Waals surface area contributed by atoms with Gasteiger partial charge < -0.3 is 14.8 Å². The van der Waals surface area contributed by atoms with Crippen LogP contribution < -0.4 is 14.8 Å². The number of hydrogen-bond donors (Lipinski definition) is 1. The van der Waals surface area contributed by atoms with Crippen LogP contribution in [0.15, 0.2) is 66.7 Å². The van der Waals surface area contributed by atoms with Crippen molar-refractivity contribution in [3.63, 3.8) is 0 Å². The van der Waals surface area contributed by atoms with Gasteiger partial charge in [-0.1, -0.05) is 35.9 Å². The standard InChI is InChI=1S/C24H24ClNO3/c1-16-5-4-6-20(13-16)26-21(17-7-10-19(25)11-8-17)15-22(27)18-9-12-23(28-2)24(14-18)29-3/h4-14,21,26H,15H2,1-3H3. The summed E-state index contributed by atoms with van der Waals surface area (Å²) >= 11 is 6.05. The van der Waals surface area contributed by atoms with Gasteiger partial charge in [0.05, 0.1) is 20.3 Å². The van der Waals surface area contributed by atoms with Crippen LogP contribution in [0, 0.1) is 6.92 Å². The first-order valence-electron chi connectivity index (χ1n) is 9.34. The molecule has 3 aromatic rings. The number of Topliss-reactive ketones (excluding diaryl/α,β-unsaturated/α-hetero) is 1. The number of ether oxygens (including phenoxy) is 2. The fourth-order valence-electron chi connectivity index (χ4n) is 3.20. The molecule has 0 radical (unpaired) electrons. The summed E-state index contributed by atoms with van der Waals surface area (Å²) in [6.45, 7) is 2.04. The number of anilines is 1. The van der Waals surface area contributed by atoms with E-state index in [1.54, 1.807) is 32.4 Å². The van der Waals surface area contributed by atoms with Gasteiger partial charge in [0.25, 0.3) is 0 Å². The molecule has 0 heterocycles. The maximum absolute atomic E-state index is 13.1. The second-order valence-electron chi connectivity index (χ2n) is 6.82. The molecule has 0 aliphatic heterocycles. The fraction of sp³-hybridized carbons (Fsp3) is 0.208. The van der Waals surface area contributed by atoms with Gasteiger partial charge >= 0.3 is 0 Å². The summed E-state index contributed by atoms with van der Waals surface area (Å²) in [7, 11) is 3.13. The molecule has 150 valence electrons. The van der Waals surface area contributed by atoms with Crippen LogP contribution in [-0.2, 0) is 0 Å². The number of hydrogen-bond acceptors (Lipinski definition) is 4. The maximum Gasteiger partial charge on any atom is 0.165 e. The smallest absolute Gasteiger partial charge is 0.165 e. The van der Waals surface area contributed by atoms with E-state index in [4.69, 9.17) is 21.1 Å². The number of carbonyl (C=O) groups excluding carboxylic acids is 1. The zero-order valence-corrected chi connectivity index (χ0v) is 17.5. The largest absolute Gasteiger partial charge is 0.493 e. The van der Waals surface area contributed by atoms with E-state index in [2.05, 4.69) is 11.4 Å². The lowest BCUT2D eigenvalue weighted by molar-refractivity contribution is 0.0976. The van der Waals surface area contributed by atoms with E-state index in [9.17, 15) is 4.79 Å². The molecule has 1 unspecified atom stereocenters. The van der Waals surface area contributed by atoms with Crippen molar-refractivity contribution in [2.24, 2.45) is 0 Å². The molecule has 0 amide bonds. The first-order valence-corrected chi connectivity index (χ1v) is 9.72. The molecule has 0 fully saturated rings. The second kappa shape index (κ2) is 9.48. The Bertz CT molecular complexity index is 986. The zero-order valence-electron chi connectivity index (χ0n) is 16.7. The lowest BCUT2D eigenvalue weighted by atomic mass is 9.97. The lowest BCUT2D eigenvalue weighted by Gasteiger charge is -2.21. The Morgan fingerprint density at radius 1 is 0.966 bits per heavy atom. The molecule has 0 aromatic heterocycles. The Hall–Kier alpha value is -2.98. The lowest BCUT2D eigenvalue weighted by Crippen LogP contribution is -2.16. The summed E-state index contributed by atoms with van der Waals surface area (Å²) in [6.07, 6.45) is 0.283. The third-order valence-electron chi connectivity index (χ3n) is 4.73. The van der Waals surface area contributed by atoms with Crippen LogP contribution in [-0.4, -0.2) is 20.0 Å². The van der Waals surface area contributed by atoms with Crippen molar-refractivity contribution in [2.75, 3.05) is 19.5 Å². The Balaban J connectivity index is 1.87. The molecule has 0 aliphatic carbocycles. The summed E-state index contributed by atoms with van der Waals surface area (Å²) in [6, 6.07) is 20.7. The minimum absolute atomic E-state index is 0.00561. The highest BCUT2D eigenvalue weighted by atomic mass is 35.5. The van der Waals surface area contributed by atoms with E-state index in [1.807, 2.05) is 49.4 Å². The van der Waals surface area contributed by atoms with Crippen LogP contribution in [0.5, 0.6) is 11.5 Å². The van der Waals surface area contributed by atoms with Gasteiger partial charge in [0, 0.05) is 22.7 Å². The van der Waals surface area contributed by atoms with Gasteiger partial charge in [-0.15, -0.1) is 0 Å². The van der Waals surface area contributed by atoms with Crippen molar-refractivity contribution in [3.05, 3.63) is 88.4 Å². The van der Waals surface area contributed by atoms with Crippen LogP contribution in [0.1, 0.15) is 33.9 Å². The van der Waals surface area contributed by atoms with E-state index in [1.165, 1.54) is 0 Å². The minimum Gasteiger partial charge on any atom is -0.493 e. The van der Waals surface area contributed by atoms with Crippen molar-refractivity contribution in [1.82, 2.24) is 0 Å². The minimum atomic E-state index is -0.199. The summed E-state index contributed by atoms with van der Waals surface area (Å²) in [5.74, 6) is 1.13. The molecule has 29 heavy (non-hydrogen) atoms. The predicted octanol–water partition coefficient (Wildman–Crippen LogP) is 6.09. The molecule has 0 spiro atoms. The highest BCUT2D eigenvalue weighted by molar-refractivity contribution is 6.30. The van der Waals surface area contributed by atoms with E-state index in [0.29, 0.717) is 22.1 Å². The molecular formula is C24H24ClNO3. The molecule has 1 atom stereocenters. The summed E-state index contributed by atoms with van der Waals surface area (Å²) < 4.78 is 10.6. The number of halogens is 1. The van der Waals surface area contributed by atoms with Gasteiger partial charge in [0.15, 0.2) is 17.3 Å². The average molecular weight is 410 g/mol. The normalized spacial score (nSPS) is 11.6. The van der Waals surface area contributed by atoms with Crippen LogP contribution >= 0.6 is 11.6 Å². The first kappa shape index (κ1) is 20.7. The molecule has 0 saturated carbocycles. The number of aryl methyl sites for hydroxylation is 1. The van der Waals surface area contributed by atoms with Gasteiger partial charge in [-0.05, 0) is 60.5 Å². The van der Waals surface area contributed by atoms with Crippen molar-refractivity contribution < 1.29 is 14.3 Å². The highest BCUT2D eigenvalue weighted by Gasteiger charge is 2.19. The SMILES string of the molecule is COc1ccc(C(=O)CC(Nc2cccc(C)c2)c2ccc(Cl)cc2)cc1OC. The number of methoxy groups -OCH3 is 2. The van der Waals surface area contributed by atoms with E-state index < -0.39 is 0 Å². The van der Waals surface area contributed by atoms with E-state index >= 15 is 0 Å². The Morgan fingerprint density at radius 3 is 2.34 bits per heavy atom. The monoisotopic (exact) mass is 409 g/mol. The number of nitrogens with one attached hydrogen (secondary N) is 1. The molecule has 3 rings (SSSR count). The zero-order chi connectivity index (χ0) is 20.8. The highest BCUT2D eigenvalue weighted by Crippen LogP contribution is 2.30. The van der Waals surface area contributed by atoms with Crippen molar-refractivity contribution in [3.8, 4) is 11.5 Å². The summed E-state index contributed by atoms with van der Waals surface area (Å²) in [5.41, 5.74) is 3.68. The number of benzene rings is 3. The number of rotatable bonds is 8. The Morgan fingerprint density at radius 2 is 1.69 bits per heavy atom. The van der Waals surface area contributed by atoms with Gasteiger partial charge in [0.1, 0.15) is 0 Å². The number of ketones is 1. The molecule has 0 saturated heterocycles. The van der Waals surface area contributed by atoms with Gasteiger partial charge in [-0.25, -0.2) is 0 Å². The second-order valence-corrected chi connectivity index (χ2v) is 7.25. The number of carbonyl (C=O) groups is 1. The third kappa shape index (κ3) is 5.30.